The lowest BCUT2D eigenvalue weighted by molar-refractivity contribution is 0.0532. The molecule has 0 unspecified atom stereocenters. The van der Waals surface area contributed by atoms with Crippen LogP contribution in [-0.2, 0) is 11.3 Å². The summed E-state index contributed by atoms with van der Waals surface area (Å²) in [7, 11) is 0. The molecule has 0 bridgehead atoms. The van der Waals surface area contributed by atoms with Crippen LogP contribution < -0.4 is 9.47 Å². The molecule has 0 aromatic heterocycles. The fourth-order valence-corrected chi connectivity index (χ4v) is 1.57. The van der Waals surface area contributed by atoms with Crippen LogP contribution in [-0.4, -0.2) is 12.8 Å². The maximum absolute atomic E-state index is 11.3. The summed E-state index contributed by atoms with van der Waals surface area (Å²) in [5.74, 6) is 0.829. The van der Waals surface area contributed by atoms with Crippen LogP contribution in [0, 0.1) is 0 Å². The molecular formula is C9H6O4. The van der Waals surface area contributed by atoms with Crippen molar-refractivity contribution in [2.24, 2.45) is 0 Å². The van der Waals surface area contributed by atoms with E-state index >= 15 is 0 Å². The van der Waals surface area contributed by atoms with Gasteiger partial charge in [0, 0.05) is 5.56 Å². The molecular weight excluding hydrogens is 172 g/mol. The zero-order valence-corrected chi connectivity index (χ0v) is 6.70. The molecule has 0 saturated heterocycles. The van der Waals surface area contributed by atoms with Crippen LogP contribution in [0.4, 0.5) is 0 Å². The molecule has 0 aliphatic carbocycles. The molecule has 66 valence electrons. The minimum Gasteiger partial charge on any atom is -0.457 e. The molecule has 0 saturated carbocycles. The van der Waals surface area contributed by atoms with Gasteiger partial charge >= 0.3 is 5.97 Å². The molecule has 0 amide bonds. The predicted molar refractivity (Wildman–Crippen MR) is 41.7 cm³/mol. The SMILES string of the molecule is O=C1OCc2ccc3c(c21)OCO3. The maximum Gasteiger partial charge on any atom is 0.342 e. The molecule has 2 heterocycles. The van der Waals surface area contributed by atoms with E-state index < -0.39 is 0 Å². The topological polar surface area (TPSA) is 44.8 Å². The van der Waals surface area contributed by atoms with E-state index in [1.807, 2.05) is 6.07 Å². The van der Waals surface area contributed by atoms with Crippen LogP contribution in [0.5, 0.6) is 11.5 Å². The van der Waals surface area contributed by atoms with Gasteiger partial charge in [0.2, 0.25) is 6.79 Å². The van der Waals surface area contributed by atoms with Gasteiger partial charge in [0.05, 0.1) is 0 Å². The van der Waals surface area contributed by atoms with Crippen molar-refractivity contribution >= 4 is 5.97 Å². The third-order valence-corrected chi connectivity index (χ3v) is 2.19. The first-order chi connectivity index (χ1) is 6.36. The largest absolute Gasteiger partial charge is 0.457 e. The number of benzene rings is 1. The number of hydrogen-bond acceptors (Lipinski definition) is 4. The van der Waals surface area contributed by atoms with Gasteiger partial charge in [-0.05, 0) is 6.07 Å². The number of cyclic esters (lactones) is 1. The third kappa shape index (κ3) is 0.771. The average molecular weight is 178 g/mol. The number of fused-ring (bicyclic) bond motifs is 3. The highest BCUT2D eigenvalue weighted by Crippen LogP contribution is 2.40. The number of esters is 1. The van der Waals surface area contributed by atoms with Gasteiger partial charge in [-0.1, -0.05) is 6.07 Å². The molecule has 1 aromatic rings. The summed E-state index contributed by atoms with van der Waals surface area (Å²) >= 11 is 0. The van der Waals surface area contributed by atoms with Gasteiger partial charge in [-0.15, -0.1) is 0 Å². The van der Waals surface area contributed by atoms with E-state index in [-0.39, 0.29) is 12.8 Å². The summed E-state index contributed by atoms with van der Waals surface area (Å²) in [6.45, 7) is 0.518. The highest BCUT2D eigenvalue weighted by Gasteiger charge is 2.30. The normalized spacial score (nSPS) is 17.1. The zero-order chi connectivity index (χ0) is 8.84. The maximum atomic E-state index is 11.3. The molecule has 0 atom stereocenters. The molecule has 1 aromatic carbocycles. The Balaban J connectivity index is 2.29. The lowest BCUT2D eigenvalue weighted by atomic mass is 10.1. The van der Waals surface area contributed by atoms with Crippen molar-refractivity contribution in [3.8, 4) is 11.5 Å². The Bertz CT molecular complexity index is 397. The molecule has 2 aliphatic heterocycles. The van der Waals surface area contributed by atoms with E-state index in [4.69, 9.17) is 14.2 Å². The van der Waals surface area contributed by atoms with Gasteiger partial charge in [-0.25, -0.2) is 4.79 Å². The van der Waals surface area contributed by atoms with Crippen molar-refractivity contribution in [3.63, 3.8) is 0 Å². The van der Waals surface area contributed by atoms with E-state index in [2.05, 4.69) is 0 Å². The Kier molecular flexibility index (Phi) is 1.12. The Morgan fingerprint density at radius 3 is 3.00 bits per heavy atom. The Hall–Kier alpha value is -1.71. The first kappa shape index (κ1) is 6.77. The highest BCUT2D eigenvalue weighted by atomic mass is 16.7. The standard InChI is InChI=1S/C9H6O4/c10-9-7-5(3-11-9)1-2-6-8(7)13-4-12-6/h1-2H,3-4H2. The van der Waals surface area contributed by atoms with Gasteiger partial charge in [0.25, 0.3) is 0 Å². The highest BCUT2D eigenvalue weighted by molar-refractivity contribution is 5.97. The summed E-state index contributed by atoms with van der Waals surface area (Å²) in [4.78, 5) is 11.3. The fraction of sp³-hybridized carbons (Fsp3) is 0.222. The summed E-state index contributed by atoms with van der Waals surface area (Å²) in [5, 5.41) is 0. The van der Waals surface area contributed by atoms with E-state index in [9.17, 15) is 4.79 Å². The van der Waals surface area contributed by atoms with E-state index in [1.165, 1.54) is 0 Å². The van der Waals surface area contributed by atoms with Crippen molar-refractivity contribution in [1.82, 2.24) is 0 Å². The van der Waals surface area contributed by atoms with E-state index in [0.717, 1.165) is 5.56 Å². The van der Waals surface area contributed by atoms with Crippen LogP contribution >= 0.6 is 0 Å². The van der Waals surface area contributed by atoms with Gasteiger partial charge < -0.3 is 14.2 Å². The van der Waals surface area contributed by atoms with Crippen LogP contribution in [0.1, 0.15) is 15.9 Å². The van der Waals surface area contributed by atoms with Gasteiger partial charge in [-0.2, -0.15) is 0 Å². The summed E-state index contributed by atoms with van der Waals surface area (Å²) in [6, 6.07) is 3.62. The van der Waals surface area contributed by atoms with Gasteiger partial charge in [0.15, 0.2) is 11.5 Å². The van der Waals surface area contributed by atoms with Crippen molar-refractivity contribution in [1.29, 1.82) is 0 Å². The molecule has 4 heteroatoms. The molecule has 0 fully saturated rings. The summed E-state index contributed by atoms with van der Waals surface area (Å²) in [5.41, 5.74) is 1.39. The minimum atomic E-state index is -0.322. The van der Waals surface area contributed by atoms with Crippen LogP contribution in [0.25, 0.3) is 0 Å². The summed E-state index contributed by atoms with van der Waals surface area (Å²) < 4.78 is 15.2. The molecule has 4 nitrogen and oxygen atoms in total. The minimum absolute atomic E-state index is 0.180. The molecule has 0 N–H and O–H groups in total. The number of rotatable bonds is 0. The lowest BCUT2D eigenvalue weighted by Crippen LogP contribution is -1.98. The quantitative estimate of drug-likeness (QED) is 0.558. The first-order valence-electron chi connectivity index (χ1n) is 3.95. The molecule has 0 spiro atoms. The van der Waals surface area contributed by atoms with Crippen molar-refractivity contribution in [3.05, 3.63) is 23.3 Å². The summed E-state index contributed by atoms with van der Waals surface area (Å²) in [6.07, 6.45) is 0. The zero-order valence-electron chi connectivity index (χ0n) is 6.70. The Morgan fingerprint density at radius 2 is 2.08 bits per heavy atom. The molecule has 3 rings (SSSR count). The van der Waals surface area contributed by atoms with Crippen LogP contribution in [0.3, 0.4) is 0 Å². The predicted octanol–water partition coefficient (Wildman–Crippen LogP) is 1.09. The Morgan fingerprint density at radius 1 is 1.15 bits per heavy atom. The van der Waals surface area contributed by atoms with Gasteiger partial charge in [-0.3, -0.25) is 0 Å². The van der Waals surface area contributed by atoms with Crippen molar-refractivity contribution in [2.45, 2.75) is 6.61 Å². The van der Waals surface area contributed by atoms with E-state index in [0.29, 0.717) is 23.7 Å². The number of carbonyl (C=O) groups excluding carboxylic acids is 1. The van der Waals surface area contributed by atoms with Crippen molar-refractivity contribution < 1.29 is 19.0 Å². The molecule has 0 radical (unpaired) electrons. The number of hydrogen-bond donors (Lipinski definition) is 0. The number of ether oxygens (including phenoxy) is 3. The number of carbonyl (C=O) groups is 1. The second kappa shape index (κ2) is 2.16. The first-order valence-corrected chi connectivity index (χ1v) is 3.95. The Labute approximate surface area is 74.0 Å². The van der Waals surface area contributed by atoms with Crippen molar-refractivity contribution in [2.75, 3.05) is 6.79 Å². The van der Waals surface area contributed by atoms with Gasteiger partial charge in [0.1, 0.15) is 12.2 Å². The lowest BCUT2D eigenvalue weighted by Gasteiger charge is -1.98. The van der Waals surface area contributed by atoms with Crippen LogP contribution in [0.2, 0.25) is 0 Å². The smallest absolute Gasteiger partial charge is 0.342 e. The van der Waals surface area contributed by atoms with Crippen LogP contribution in [0.15, 0.2) is 12.1 Å². The second-order valence-corrected chi connectivity index (χ2v) is 2.91. The average Bonchev–Trinajstić information content (AvgIpc) is 2.70. The molecule has 13 heavy (non-hydrogen) atoms. The third-order valence-electron chi connectivity index (χ3n) is 2.19. The van der Waals surface area contributed by atoms with E-state index in [1.54, 1.807) is 6.07 Å². The fourth-order valence-electron chi connectivity index (χ4n) is 1.57. The monoisotopic (exact) mass is 178 g/mol. The second-order valence-electron chi connectivity index (χ2n) is 2.91. The molecule has 2 aliphatic rings.